The van der Waals surface area contributed by atoms with E-state index in [2.05, 4.69) is 22.1 Å². The number of nitrogens with zero attached hydrogens (tertiary/aromatic N) is 1. The van der Waals surface area contributed by atoms with E-state index in [0.717, 1.165) is 5.36 Å². The number of fused-ring (bicyclic) bond motifs is 3. The van der Waals surface area contributed by atoms with Crippen LogP contribution in [0.25, 0.3) is 16.8 Å². The van der Waals surface area contributed by atoms with Gasteiger partial charge in [-0.2, -0.15) is 0 Å². The summed E-state index contributed by atoms with van der Waals surface area (Å²) in [4.78, 5) is 7.52. The van der Waals surface area contributed by atoms with Gasteiger partial charge in [-0.15, -0.1) is 0 Å². The largest absolute Gasteiger partial charge is 0.366 e. The zero-order chi connectivity index (χ0) is 10.1. The van der Waals surface area contributed by atoms with Gasteiger partial charge in [-0.05, 0) is 17.5 Å². The molecule has 0 saturated heterocycles. The maximum atomic E-state index is 4.40. The SMILES string of the molecule is C1=C\C=c2/c(ccc3c[nH]cc23)=N\C=C/1. The molecule has 2 aromatic rings. The first-order valence-electron chi connectivity index (χ1n) is 4.92. The van der Waals surface area contributed by atoms with E-state index in [-0.39, 0.29) is 0 Å². The van der Waals surface area contributed by atoms with Crippen LogP contribution in [0.3, 0.4) is 0 Å². The predicted octanol–water partition coefficient (Wildman–Crippen LogP) is 1.65. The van der Waals surface area contributed by atoms with Crippen molar-refractivity contribution >= 4 is 16.8 Å². The van der Waals surface area contributed by atoms with Crippen molar-refractivity contribution in [1.82, 2.24) is 4.98 Å². The van der Waals surface area contributed by atoms with Crippen LogP contribution in [0.2, 0.25) is 0 Å². The van der Waals surface area contributed by atoms with Crippen LogP contribution in [0.1, 0.15) is 0 Å². The zero-order valence-corrected chi connectivity index (χ0v) is 8.14. The molecule has 0 spiro atoms. The fourth-order valence-corrected chi connectivity index (χ4v) is 1.82. The van der Waals surface area contributed by atoms with Gasteiger partial charge in [0.1, 0.15) is 0 Å². The van der Waals surface area contributed by atoms with Gasteiger partial charge in [0.15, 0.2) is 0 Å². The molecule has 0 aliphatic carbocycles. The molecule has 0 saturated carbocycles. The van der Waals surface area contributed by atoms with Gasteiger partial charge in [0, 0.05) is 29.2 Å². The third kappa shape index (κ3) is 1.31. The highest BCUT2D eigenvalue weighted by Crippen LogP contribution is 2.05. The first-order chi connectivity index (χ1) is 7.45. The fraction of sp³-hybridized carbons (Fsp3) is 0. The molecule has 1 aliphatic rings. The summed E-state index contributed by atoms with van der Waals surface area (Å²) in [5.74, 6) is 0. The maximum absolute atomic E-state index is 4.40. The summed E-state index contributed by atoms with van der Waals surface area (Å²) in [5.41, 5.74) is 0. The van der Waals surface area contributed by atoms with Crippen molar-refractivity contribution in [3.05, 3.63) is 59.5 Å². The molecule has 2 heterocycles. The Morgan fingerprint density at radius 1 is 1.00 bits per heavy atom. The third-order valence-corrected chi connectivity index (χ3v) is 2.55. The van der Waals surface area contributed by atoms with Crippen molar-refractivity contribution < 1.29 is 0 Å². The minimum atomic E-state index is 1.02. The Bertz CT molecular complexity index is 672. The van der Waals surface area contributed by atoms with Gasteiger partial charge in [-0.1, -0.05) is 24.3 Å². The van der Waals surface area contributed by atoms with Gasteiger partial charge in [0.05, 0.1) is 5.36 Å². The second kappa shape index (κ2) is 3.24. The van der Waals surface area contributed by atoms with Gasteiger partial charge >= 0.3 is 0 Å². The molecule has 3 rings (SSSR count). The quantitative estimate of drug-likeness (QED) is 0.660. The van der Waals surface area contributed by atoms with E-state index >= 15 is 0 Å². The van der Waals surface area contributed by atoms with E-state index in [1.54, 1.807) is 0 Å². The molecule has 72 valence electrons. The van der Waals surface area contributed by atoms with Crippen LogP contribution in [-0.2, 0) is 0 Å². The average molecular weight is 194 g/mol. The average Bonchev–Trinajstić information content (AvgIpc) is 2.65. The summed E-state index contributed by atoms with van der Waals surface area (Å²) in [6.45, 7) is 0. The maximum Gasteiger partial charge on any atom is 0.0708 e. The van der Waals surface area contributed by atoms with Crippen LogP contribution in [0.15, 0.2) is 53.9 Å². The molecule has 15 heavy (non-hydrogen) atoms. The van der Waals surface area contributed by atoms with Crippen LogP contribution in [0.5, 0.6) is 0 Å². The van der Waals surface area contributed by atoms with Gasteiger partial charge in [-0.3, -0.25) is 4.99 Å². The Hall–Kier alpha value is -2.09. The number of allylic oxidation sites excluding steroid dienone is 3. The third-order valence-electron chi connectivity index (χ3n) is 2.55. The molecule has 1 aromatic carbocycles. The Morgan fingerprint density at radius 2 is 2.00 bits per heavy atom. The number of rotatable bonds is 0. The summed E-state index contributed by atoms with van der Waals surface area (Å²) >= 11 is 0. The second-order valence-electron chi connectivity index (χ2n) is 3.48. The highest BCUT2D eigenvalue weighted by Gasteiger charge is 1.97. The van der Waals surface area contributed by atoms with Crippen molar-refractivity contribution in [2.24, 2.45) is 4.99 Å². The molecule has 0 amide bonds. The van der Waals surface area contributed by atoms with Crippen molar-refractivity contribution in [3.8, 4) is 0 Å². The standard InChI is InChI=1S/C13H10N2/c1-2-4-11-12-9-14-8-10(12)5-6-13(11)15-7-3-1/h1-9,14H/b2-1-,3-1?,4-2?,7-3-,11-4-,15-7?,15-13-. The lowest BCUT2D eigenvalue weighted by atomic mass is 10.1. The highest BCUT2D eigenvalue weighted by molar-refractivity contribution is 5.83. The molecule has 1 aliphatic heterocycles. The molecule has 0 fully saturated rings. The van der Waals surface area contributed by atoms with Gasteiger partial charge < -0.3 is 4.98 Å². The molecule has 2 nitrogen and oxygen atoms in total. The summed E-state index contributed by atoms with van der Waals surface area (Å²) in [6, 6.07) is 4.13. The molecule has 0 atom stereocenters. The number of aromatic amines is 1. The molecule has 0 bridgehead atoms. The van der Waals surface area contributed by atoms with Crippen LogP contribution < -0.4 is 10.6 Å². The molecular formula is C13H10N2. The normalized spacial score (nSPS) is 22.7. The highest BCUT2D eigenvalue weighted by atomic mass is 14.7. The summed E-state index contributed by atoms with van der Waals surface area (Å²) < 4.78 is 0. The van der Waals surface area contributed by atoms with Crippen molar-refractivity contribution in [3.63, 3.8) is 0 Å². The van der Waals surface area contributed by atoms with E-state index in [1.165, 1.54) is 16.0 Å². The molecule has 0 radical (unpaired) electrons. The lowest BCUT2D eigenvalue weighted by Crippen LogP contribution is -2.24. The summed E-state index contributed by atoms with van der Waals surface area (Å²) in [6.07, 6.45) is 13.9. The summed E-state index contributed by atoms with van der Waals surface area (Å²) in [5, 5.41) is 4.63. The van der Waals surface area contributed by atoms with Gasteiger partial charge in [0.25, 0.3) is 0 Å². The minimum Gasteiger partial charge on any atom is -0.366 e. The first kappa shape index (κ1) is 8.24. The zero-order valence-electron chi connectivity index (χ0n) is 8.14. The van der Waals surface area contributed by atoms with Crippen LogP contribution >= 0.6 is 0 Å². The predicted molar refractivity (Wildman–Crippen MR) is 61.8 cm³/mol. The van der Waals surface area contributed by atoms with Gasteiger partial charge in [-0.25, -0.2) is 0 Å². The van der Waals surface area contributed by atoms with E-state index in [4.69, 9.17) is 0 Å². The smallest absolute Gasteiger partial charge is 0.0708 e. The number of hydrogen-bond donors (Lipinski definition) is 1. The first-order valence-corrected chi connectivity index (χ1v) is 4.92. The van der Waals surface area contributed by atoms with Crippen molar-refractivity contribution in [2.75, 3.05) is 0 Å². The van der Waals surface area contributed by atoms with Crippen LogP contribution in [0, 0.1) is 0 Å². The molecule has 1 aromatic heterocycles. The fourth-order valence-electron chi connectivity index (χ4n) is 1.82. The van der Waals surface area contributed by atoms with Crippen LogP contribution in [0.4, 0.5) is 0 Å². The van der Waals surface area contributed by atoms with Crippen LogP contribution in [-0.4, -0.2) is 4.98 Å². The Labute approximate surface area is 87.0 Å². The number of aromatic nitrogens is 1. The van der Waals surface area contributed by atoms with Crippen molar-refractivity contribution in [1.29, 1.82) is 0 Å². The Morgan fingerprint density at radius 3 is 3.00 bits per heavy atom. The van der Waals surface area contributed by atoms with E-state index in [9.17, 15) is 0 Å². The number of nitrogens with one attached hydrogen (secondary N) is 1. The minimum absolute atomic E-state index is 1.02. The number of hydrogen-bond acceptors (Lipinski definition) is 1. The van der Waals surface area contributed by atoms with E-state index in [1.807, 2.05) is 42.9 Å². The number of H-pyrrole nitrogens is 1. The van der Waals surface area contributed by atoms with Crippen molar-refractivity contribution in [2.45, 2.75) is 0 Å². The monoisotopic (exact) mass is 194 g/mol. The van der Waals surface area contributed by atoms with E-state index < -0.39 is 0 Å². The lowest BCUT2D eigenvalue weighted by molar-refractivity contribution is 1.32. The second-order valence-corrected chi connectivity index (χ2v) is 3.48. The molecule has 1 N–H and O–H groups in total. The number of benzene rings is 1. The summed E-state index contributed by atoms with van der Waals surface area (Å²) in [7, 11) is 0. The van der Waals surface area contributed by atoms with E-state index in [0.29, 0.717) is 0 Å². The lowest BCUT2D eigenvalue weighted by Gasteiger charge is -1.93. The Balaban J connectivity index is 2.57. The molecule has 2 heteroatoms. The Kier molecular flexibility index (Phi) is 1.78. The molecular weight excluding hydrogens is 184 g/mol. The topological polar surface area (TPSA) is 28.1 Å². The molecule has 0 unspecified atom stereocenters. The van der Waals surface area contributed by atoms with Gasteiger partial charge in [0.2, 0.25) is 0 Å².